The molecule has 1 aliphatic rings. The molecule has 0 radical (unpaired) electrons. The van der Waals surface area contributed by atoms with E-state index in [0.717, 1.165) is 4.90 Å². The minimum absolute atomic E-state index is 0.000532. The number of halogens is 4. The van der Waals surface area contributed by atoms with E-state index in [1.807, 2.05) is 6.07 Å². The number of hydrogen-bond donors (Lipinski definition) is 2. The summed E-state index contributed by atoms with van der Waals surface area (Å²) in [5.74, 6) is 0. The topological polar surface area (TPSA) is 67.5 Å². The highest BCUT2D eigenvalue weighted by Gasteiger charge is 2.49. The van der Waals surface area contributed by atoms with Crippen LogP contribution in [0, 0.1) is 11.3 Å². The van der Waals surface area contributed by atoms with Crippen molar-refractivity contribution in [3.8, 4) is 6.07 Å². The van der Waals surface area contributed by atoms with Crippen LogP contribution in [-0.2, 0) is 0 Å². The molecule has 1 unspecified atom stereocenters. The number of nitrogens with zero attached hydrogens (tertiary/aromatic N) is 2. The van der Waals surface area contributed by atoms with Crippen LogP contribution in [0.25, 0.3) is 0 Å². The highest BCUT2D eigenvalue weighted by molar-refractivity contribution is 6.32. The number of aliphatic hydroxyl groups excluding tert-OH is 2. The summed E-state index contributed by atoms with van der Waals surface area (Å²) in [6, 6.07) is 4.62. The first-order chi connectivity index (χ1) is 9.75. The zero-order chi connectivity index (χ0) is 15.8. The van der Waals surface area contributed by atoms with Gasteiger partial charge in [-0.3, -0.25) is 0 Å². The molecule has 2 rings (SSSR count). The van der Waals surface area contributed by atoms with Crippen LogP contribution in [0.4, 0.5) is 18.9 Å². The van der Waals surface area contributed by atoms with Crippen LogP contribution in [0.1, 0.15) is 18.4 Å². The second kappa shape index (κ2) is 5.72. The van der Waals surface area contributed by atoms with Gasteiger partial charge in [0.15, 0.2) is 6.10 Å². The summed E-state index contributed by atoms with van der Waals surface area (Å²) in [6.45, 7) is 0. The van der Waals surface area contributed by atoms with Gasteiger partial charge in [-0.2, -0.15) is 18.4 Å². The first-order valence-corrected chi connectivity index (χ1v) is 6.54. The molecule has 0 saturated carbocycles. The lowest BCUT2D eigenvalue weighted by atomic mass is 10.1. The Kier molecular flexibility index (Phi) is 4.33. The van der Waals surface area contributed by atoms with Crippen molar-refractivity contribution in [1.29, 1.82) is 5.26 Å². The van der Waals surface area contributed by atoms with Gasteiger partial charge in [-0.05, 0) is 31.0 Å². The van der Waals surface area contributed by atoms with E-state index >= 15 is 0 Å². The summed E-state index contributed by atoms with van der Waals surface area (Å²) in [5.41, 5.74) is 0.416. The molecule has 0 aliphatic carbocycles. The Labute approximate surface area is 124 Å². The zero-order valence-electron chi connectivity index (χ0n) is 10.7. The molecule has 1 saturated heterocycles. The predicted octanol–water partition coefficient (Wildman–Crippen LogP) is 2.42. The molecular formula is C13H12ClF3N2O2. The standard InChI is InChI=1S/C13H12ClF3N2O2/c14-9-5-8(2-1-7(9)6-18)19-10(3-4-11(19)20)12(21)13(15,16)17/h1-2,5,10-12,20-21H,3-4H2/t10-,11?,12-/m1/s1. The molecule has 1 fully saturated rings. The third kappa shape index (κ3) is 3.07. The minimum Gasteiger partial charge on any atom is -0.382 e. The van der Waals surface area contributed by atoms with E-state index in [1.54, 1.807) is 0 Å². The molecule has 1 aliphatic heterocycles. The maximum absolute atomic E-state index is 12.7. The lowest BCUT2D eigenvalue weighted by Crippen LogP contribution is -2.49. The Balaban J connectivity index is 2.35. The highest BCUT2D eigenvalue weighted by atomic mass is 35.5. The fourth-order valence-electron chi connectivity index (χ4n) is 2.47. The molecule has 3 atom stereocenters. The monoisotopic (exact) mass is 320 g/mol. The van der Waals surface area contributed by atoms with Crippen molar-refractivity contribution in [2.24, 2.45) is 0 Å². The maximum atomic E-state index is 12.7. The van der Waals surface area contributed by atoms with Gasteiger partial charge in [-0.25, -0.2) is 0 Å². The predicted molar refractivity (Wildman–Crippen MR) is 69.7 cm³/mol. The molecule has 4 nitrogen and oxygen atoms in total. The Morgan fingerprint density at radius 1 is 1.38 bits per heavy atom. The summed E-state index contributed by atoms with van der Waals surface area (Å²) >= 11 is 5.86. The number of hydrogen-bond acceptors (Lipinski definition) is 4. The second-order valence-electron chi connectivity index (χ2n) is 4.79. The Hall–Kier alpha value is -1.49. The number of anilines is 1. The molecule has 0 amide bonds. The molecule has 1 aromatic rings. The average molecular weight is 321 g/mol. The van der Waals surface area contributed by atoms with Gasteiger partial charge in [0.2, 0.25) is 0 Å². The number of rotatable bonds is 2. The summed E-state index contributed by atoms with van der Waals surface area (Å²) in [7, 11) is 0. The van der Waals surface area contributed by atoms with Crippen molar-refractivity contribution in [2.75, 3.05) is 4.90 Å². The summed E-state index contributed by atoms with van der Waals surface area (Å²) in [6.07, 6.45) is -8.38. The van der Waals surface area contributed by atoms with Gasteiger partial charge in [-0.15, -0.1) is 0 Å². The van der Waals surface area contributed by atoms with E-state index in [-0.39, 0.29) is 29.1 Å². The fourth-order valence-corrected chi connectivity index (χ4v) is 2.68. The van der Waals surface area contributed by atoms with Gasteiger partial charge in [0.25, 0.3) is 0 Å². The smallest absolute Gasteiger partial charge is 0.382 e. The van der Waals surface area contributed by atoms with Crippen LogP contribution in [0.15, 0.2) is 18.2 Å². The molecule has 21 heavy (non-hydrogen) atoms. The van der Waals surface area contributed by atoms with Crippen LogP contribution in [0.3, 0.4) is 0 Å². The number of benzene rings is 1. The average Bonchev–Trinajstić information content (AvgIpc) is 2.78. The molecular weight excluding hydrogens is 309 g/mol. The van der Waals surface area contributed by atoms with Crippen molar-refractivity contribution < 1.29 is 23.4 Å². The van der Waals surface area contributed by atoms with Gasteiger partial charge >= 0.3 is 6.18 Å². The minimum atomic E-state index is -4.77. The van der Waals surface area contributed by atoms with Gasteiger partial charge in [-0.1, -0.05) is 11.6 Å². The molecule has 1 heterocycles. The Morgan fingerprint density at radius 2 is 2.05 bits per heavy atom. The molecule has 0 aromatic heterocycles. The van der Waals surface area contributed by atoms with E-state index in [1.165, 1.54) is 18.2 Å². The van der Waals surface area contributed by atoms with Gasteiger partial charge in [0, 0.05) is 5.69 Å². The largest absolute Gasteiger partial charge is 0.416 e. The van der Waals surface area contributed by atoms with Gasteiger partial charge in [0.1, 0.15) is 12.3 Å². The van der Waals surface area contributed by atoms with Crippen LogP contribution in [0.2, 0.25) is 5.02 Å². The normalized spacial score (nSPS) is 24.0. The Bertz CT molecular complexity index is 574. The Morgan fingerprint density at radius 3 is 2.57 bits per heavy atom. The van der Waals surface area contributed by atoms with E-state index in [2.05, 4.69) is 0 Å². The molecule has 8 heteroatoms. The molecule has 114 valence electrons. The molecule has 0 spiro atoms. The number of aliphatic hydroxyl groups is 2. The van der Waals surface area contributed by atoms with Gasteiger partial charge < -0.3 is 15.1 Å². The van der Waals surface area contributed by atoms with Crippen molar-refractivity contribution >= 4 is 17.3 Å². The van der Waals surface area contributed by atoms with Crippen molar-refractivity contribution in [3.05, 3.63) is 28.8 Å². The first kappa shape index (κ1) is 15.9. The summed E-state index contributed by atoms with van der Waals surface area (Å²) in [5, 5.41) is 28.2. The summed E-state index contributed by atoms with van der Waals surface area (Å²) in [4.78, 5) is 1.09. The maximum Gasteiger partial charge on any atom is 0.416 e. The lowest BCUT2D eigenvalue weighted by molar-refractivity contribution is -0.209. The van der Waals surface area contributed by atoms with Crippen LogP contribution < -0.4 is 4.90 Å². The first-order valence-electron chi connectivity index (χ1n) is 6.16. The highest BCUT2D eigenvalue weighted by Crippen LogP contribution is 2.37. The number of alkyl halides is 3. The third-order valence-electron chi connectivity index (χ3n) is 3.47. The second-order valence-corrected chi connectivity index (χ2v) is 5.20. The zero-order valence-corrected chi connectivity index (χ0v) is 11.4. The molecule has 2 N–H and O–H groups in total. The summed E-state index contributed by atoms with van der Waals surface area (Å²) < 4.78 is 38.1. The third-order valence-corrected chi connectivity index (χ3v) is 3.78. The van der Waals surface area contributed by atoms with E-state index in [9.17, 15) is 23.4 Å². The SMILES string of the molecule is N#Cc1ccc(N2C(O)CC[C@@H]2[C@@H](O)C(F)(F)F)cc1Cl. The van der Waals surface area contributed by atoms with Crippen molar-refractivity contribution in [3.63, 3.8) is 0 Å². The van der Waals surface area contributed by atoms with Crippen LogP contribution >= 0.6 is 11.6 Å². The quantitative estimate of drug-likeness (QED) is 0.878. The molecule has 1 aromatic carbocycles. The number of nitriles is 1. The fraction of sp³-hybridized carbons (Fsp3) is 0.462. The van der Waals surface area contributed by atoms with Crippen molar-refractivity contribution in [2.45, 2.75) is 37.4 Å². The van der Waals surface area contributed by atoms with Crippen molar-refractivity contribution in [1.82, 2.24) is 0 Å². The van der Waals surface area contributed by atoms with Gasteiger partial charge in [0.05, 0.1) is 16.6 Å². The lowest BCUT2D eigenvalue weighted by Gasteiger charge is -2.33. The van der Waals surface area contributed by atoms with Crippen LogP contribution in [0.5, 0.6) is 0 Å². The van der Waals surface area contributed by atoms with Crippen LogP contribution in [-0.4, -0.2) is 34.8 Å². The van der Waals surface area contributed by atoms with E-state index < -0.39 is 24.6 Å². The van der Waals surface area contributed by atoms with E-state index in [4.69, 9.17) is 16.9 Å². The van der Waals surface area contributed by atoms with E-state index in [0.29, 0.717) is 0 Å². The molecule has 0 bridgehead atoms.